The van der Waals surface area contributed by atoms with E-state index in [0.717, 1.165) is 0 Å². The summed E-state index contributed by atoms with van der Waals surface area (Å²) in [5, 5.41) is 25.8. The fourth-order valence-electron chi connectivity index (χ4n) is 2.54. The van der Waals surface area contributed by atoms with E-state index in [0.29, 0.717) is 25.8 Å². The molecule has 0 rings (SSSR count). The van der Waals surface area contributed by atoms with Gasteiger partial charge in [-0.1, -0.05) is 0 Å². The van der Waals surface area contributed by atoms with Crippen molar-refractivity contribution in [2.45, 2.75) is 63.3 Å². The number of aliphatic hydroxyl groups excluding tert-OH is 1. The highest BCUT2D eigenvalue weighted by Crippen LogP contribution is 2.04. The molecule has 0 heterocycles. The molecule has 3 amide bonds. The van der Waals surface area contributed by atoms with Gasteiger partial charge in [0.25, 0.3) is 0 Å². The quantitative estimate of drug-likeness (QED) is 0.0612. The van der Waals surface area contributed by atoms with E-state index >= 15 is 0 Å². The van der Waals surface area contributed by atoms with Gasteiger partial charge in [0.1, 0.15) is 18.1 Å². The van der Waals surface area contributed by atoms with Crippen LogP contribution in [0.3, 0.4) is 0 Å². The molecule has 4 unspecified atom stereocenters. The predicted octanol–water partition coefficient (Wildman–Crippen LogP) is -3.95. The van der Waals surface area contributed by atoms with Crippen molar-refractivity contribution >= 4 is 29.7 Å². The molecular weight excluding hydrogens is 424 g/mol. The van der Waals surface area contributed by atoms with Gasteiger partial charge >= 0.3 is 5.97 Å². The molecule has 32 heavy (non-hydrogen) atoms. The maximum absolute atomic E-state index is 12.6. The van der Waals surface area contributed by atoms with Crippen molar-refractivity contribution in [2.24, 2.45) is 27.9 Å². The van der Waals surface area contributed by atoms with Crippen LogP contribution in [0.25, 0.3) is 0 Å². The number of aliphatic imine (C=N–C) groups is 1. The standard InChI is InChI=1S/C18H36N8O6/c1-10(27)14(20)16(30)24-9-13(28)25-11(5-2-3-7-19)15(29)26-12(17(31)32)6-4-8-23-18(21)22/h10-12,14,27H,2-9,19-20H2,1H3,(H,24,30)(H,25,28)(H,26,29)(H,31,32)(H4,21,22,23). The van der Waals surface area contributed by atoms with Crippen LogP contribution in [0.2, 0.25) is 0 Å². The van der Waals surface area contributed by atoms with E-state index < -0.39 is 54.5 Å². The molecule has 14 nitrogen and oxygen atoms in total. The van der Waals surface area contributed by atoms with Gasteiger partial charge in [-0.05, 0) is 45.6 Å². The van der Waals surface area contributed by atoms with E-state index in [1.54, 1.807) is 0 Å². The zero-order valence-electron chi connectivity index (χ0n) is 18.3. The number of nitrogens with one attached hydrogen (secondary N) is 3. The second-order valence-electron chi connectivity index (χ2n) is 7.24. The van der Waals surface area contributed by atoms with Gasteiger partial charge in [-0.15, -0.1) is 0 Å². The SMILES string of the molecule is CC(O)C(N)C(=O)NCC(=O)NC(CCCCN)C(=O)NC(CCCN=C(N)N)C(=O)O. The fourth-order valence-corrected chi connectivity index (χ4v) is 2.54. The molecule has 0 aromatic carbocycles. The minimum atomic E-state index is -1.24. The molecule has 0 aliphatic heterocycles. The van der Waals surface area contributed by atoms with Crippen molar-refractivity contribution in [3.8, 4) is 0 Å². The summed E-state index contributed by atoms with van der Waals surface area (Å²) >= 11 is 0. The van der Waals surface area contributed by atoms with E-state index in [2.05, 4.69) is 20.9 Å². The molecule has 0 aliphatic rings. The summed E-state index contributed by atoms with van der Waals surface area (Å²) in [6, 6.07) is -3.44. The van der Waals surface area contributed by atoms with Crippen LogP contribution in [-0.2, 0) is 19.2 Å². The Bertz CT molecular complexity index is 653. The second-order valence-corrected chi connectivity index (χ2v) is 7.24. The monoisotopic (exact) mass is 460 g/mol. The fraction of sp³-hybridized carbons (Fsp3) is 0.722. The average molecular weight is 461 g/mol. The predicted molar refractivity (Wildman–Crippen MR) is 117 cm³/mol. The molecule has 184 valence electrons. The number of aliphatic carboxylic acids is 1. The van der Waals surface area contributed by atoms with Gasteiger partial charge in [-0.2, -0.15) is 0 Å². The Labute approximate surface area is 186 Å². The molecular formula is C18H36N8O6. The molecule has 0 bridgehead atoms. The lowest BCUT2D eigenvalue weighted by molar-refractivity contribution is -0.142. The van der Waals surface area contributed by atoms with Gasteiger partial charge in [0, 0.05) is 6.54 Å². The zero-order valence-corrected chi connectivity index (χ0v) is 18.3. The minimum absolute atomic E-state index is 0.0780. The molecule has 0 radical (unpaired) electrons. The lowest BCUT2D eigenvalue weighted by Gasteiger charge is -2.22. The van der Waals surface area contributed by atoms with Crippen LogP contribution in [0, 0.1) is 0 Å². The van der Waals surface area contributed by atoms with Gasteiger partial charge in [0.15, 0.2) is 5.96 Å². The van der Waals surface area contributed by atoms with E-state index in [4.69, 9.17) is 22.9 Å². The number of nitrogens with two attached hydrogens (primary N) is 4. The minimum Gasteiger partial charge on any atom is -0.480 e. The number of hydrogen-bond donors (Lipinski definition) is 9. The van der Waals surface area contributed by atoms with Gasteiger partial charge in [-0.3, -0.25) is 19.4 Å². The summed E-state index contributed by atoms with van der Waals surface area (Å²) in [7, 11) is 0. The maximum Gasteiger partial charge on any atom is 0.326 e. The zero-order chi connectivity index (χ0) is 24.7. The Morgan fingerprint density at radius 2 is 1.59 bits per heavy atom. The Morgan fingerprint density at radius 3 is 2.12 bits per heavy atom. The first-order valence-electron chi connectivity index (χ1n) is 10.3. The molecule has 0 aliphatic carbocycles. The highest BCUT2D eigenvalue weighted by atomic mass is 16.4. The first-order valence-corrected chi connectivity index (χ1v) is 10.3. The number of carbonyl (C=O) groups excluding carboxylic acids is 3. The summed E-state index contributed by atoms with van der Waals surface area (Å²) < 4.78 is 0. The number of carboxylic acids is 1. The highest BCUT2D eigenvalue weighted by molar-refractivity contribution is 5.92. The van der Waals surface area contributed by atoms with Crippen LogP contribution in [0.5, 0.6) is 0 Å². The second kappa shape index (κ2) is 15.8. The van der Waals surface area contributed by atoms with Crippen LogP contribution in [0.4, 0.5) is 0 Å². The van der Waals surface area contributed by atoms with Gasteiger partial charge in [-0.25, -0.2) is 4.79 Å². The van der Waals surface area contributed by atoms with Crippen LogP contribution in [-0.4, -0.2) is 83.7 Å². The third kappa shape index (κ3) is 12.7. The van der Waals surface area contributed by atoms with Crippen LogP contribution in [0.1, 0.15) is 39.0 Å². The summed E-state index contributed by atoms with van der Waals surface area (Å²) in [5.74, 6) is -3.45. The lowest BCUT2D eigenvalue weighted by Crippen LogP contribution is -2.54. The maximum atomic E-state index is 12.6. The number of amides is 3. The molecule has 0 saturated carbocycles. The Balaban J connectivity index is 4.95. The van der Waals surface area contributed by atoms with E-state index in [1.807, 2.05) is 0 Å². The number of nitrogens with zero attached hydrogens (tertiary/aromatic N) is 1. The van der Waals surface area contributed by atoms with Crippen molar-refractivity contribution in [1.29, 1.82) is 0 Å². The van der Waals surface area contributed by atoms with Crippen molar-refractivity contribution in [2.75, 3.05) is 19.6 Å². The molecule has 0 aromatic heterocycles. The van der Waals surface area contributed by atoms with Crippen molar-refractivity contribution in [1.82, 2.24) is 16.0 Å². The van der Waals surface area contributed by atoms with E-state index in [9.17, 15) is 29.4 Å². The van der Waals surface area contributed by atoms with Gasteiger partial charge in [0.05, 0.1) is 12.6 Å². The third-order valence-electron chi connectivity index (χ3n) is 4.40. The van der Waals surface area contributed by atoms with Crippen LogP contribution in [0.15, 0.2) is 4.99 Å². The number of carbonyl (C=O) groups is 4. The van der Waals surface area contributed by atoms with Crippen molar-refractivity contribution < 1.29 is 29.4 Å². The summed E-state index contributed by atoms with van der Waals surface area (Å²) in [4.78, 5) is 51.8. The largest absolute Gasteiger partial charge is 0.480 e. The third-order valence-corrected chi connectivity index (χ3v) is 4.40. The molecule has 0 fully saturated rings. The summed E-state index contributed by atoms with van der Waals surface area (Å²) in [6.07, 6.45) is 0.615. The van der Waals surface area contributed by atoms with Gasteiger partial charge < -0.3 is 49.1 Å². The van der Waals surface area contributed by atoms with E-state index in [1.165, 1.54) is 6.92 Å². The van der Waals surface area contributed by atoms with Crippen LogP contribution >= 0.6 is 0 Å². The lowest BCUT2D eigenvalue weighted by atomic mass is 10.1. The Kier molecular flexibility index (Phi) is 14.3. The number of aliphatic hydroxyl groups is 1. The normalized spacial score (nSPS) is 14.4. The molecule has 14 heteroatoms. The van der Waals surface area contributed by atoms with Gasteiger partial charge in [0.2, 0.25) is 17.7 Å². The molecule has 4 atom stereocenters. The highest BCUT2D eigenvalue weighted by Gasteiger charge is 2.26. The number of rotatable bonds is 16. The van der Waals surface area contributed by atoms with Crippen LogP contribution < -0.4 is 38.9 Å². The molecule has 13 N–H and O–H groups in total. The van der Waals surface area contributed by atoms with Crippen molar-refractivity contribution in [3.05, 3.63) is 0 Å². The first kappa shape index (κ1) is 29.0. The summed E-state index contributed by atoms with van der Waals surface area (Å²) in [6.45, 7) is 1.45. The topological polar surface area (TPSA) is 261 Å². The summed E-state index contributed by atoms with van der Waals surface area (Å²) in [5.41, 5.74) is 21.4. The average Bonchev–Trinajstić information content (AvgIpc) is 2.72. The number of hydrogen-bond acceptors (Lipinski definition) is 8. The molecule has 0 saturated heterocycles. The Hall–Kier alpha value is -2.97. The van der Waals surface area contributed by atoms with Crippen molar-refractivity contribution in [3.63, 3.8) is 0 Å². The number of carboxylic acid groups (broad SMARTS) is 1. The number of guanidine groups is 1. The van der Waals surface area contributed by atoms with E-state index in [-0.39, 0.29) is 25.3 Å². The number of unbranched alkanes of at least 4 members (excludes halogenated alkanes) is 1. The smallest absolute Gasteiger partial charge is 0.326 e. The first-order chi connectivity index (χ1) is 15.0. The molecule has 0 aromatic rings. The molecule has 0 spiro atoms. The Morgan fingerprint density at radius 1 is 0.969 bits per heavy atom.